The van der Waals surface area contributed by atoms with E-state index in [0.29, 0.717) is 0 Å². The second kappa shape index (κ2) is 15.8. The summed E-state index contributed by atoms with van der Waals surface area (Å²) in [5.74, 6) is 0. The van der Waals surface area contributed by atoms with E-state index in [9.17, 15) is 0 Å². The summed E-state index contributed by atoms with van der Waals surface area (Å²) in [5.41, 5.74) is 0. The van der Waals surface area contributed by atoms with Gasteiger partial charge in [-0.05, 0) is 6.16 Å². The maximum Gasteiger partial charge on any atom is 2.00 e. The van der Waals surface area contributed by atoms with Gasteiger partial charge in [0.25, 0.3) is 0 Å². The number of carbonyl (C=O) groups excluding carboxylic acids is 1. The van der Waals surface area contributed by atoms with Crippen LogP contribution in [-0.4, -0.2) is 6.16 Å². The number of carboxylic acid groups (broad SMARTS) is 2. The number of rotatable bonds is 0. The second-order valence-electron chi connectivity index (χ2n) is 0.250. The van der Waals surface area contributed by atoms with Crippen LogP contribution in [0.3, 0.4) is 0 Å². The van der Waals surface area contributed by atoms with Gasteiger partial charge >= 0.3 is 16.8 Å². The van der Waals surface area contributed by atoms with Gasteiger partial charge in [0, 0.05) is 33.6 Å². The molecule has 0 heterocycles. The first-order valence-corrected chi connectivity index (χ1v) is 0.612. The average Bonchev–Trinajstić information content (AvgIpc) is 0.811. The van der Waals surface area contributed by atoms with Crippen LogP contribution >= 0.6 is 0 Å². The van der Waals surface area contributed by atoms with Crippen LogP contribution in [0.2, 0.25) is 0 Å². The molecule has 0 saturated carbocycles. The molecule has 0 bridgehead atoms. The third kappa shape index (κ3) is 250. The minimum Gasteiger partial charge on any atom is -0.652 e. The van der Waals surface area contributed by atoms with Crippen LogP contribution < -0.4 is 10.2 Å². The third-order valence-corrected chi connectivity index (χ3v) is 0. The Kier molecular flexibility index (Phi) is 56.6. The van der Waals surface area contributed by atoms with Gasteiger partial charge in [-0.2, -0.15) is 0 Å². The van der Waals surface area contributed by atoms with E-state index in [0.717, 1.165) is 0 Å². The Morgan fingerprint density at radius 1 is 1.29 bits per heavy atom. The van der Waals surface area contributed by atoms with Gasteiger partial charge in [-0.15, -0.1) is 0 Å². The second-order valence-corrected chi connectivity index (χ2v) is 0.250. The predicted molar refractivity (Wildman–Crippen MR) is 5.40 cm³/mol. The summed E-state index contributed by atoms with van der Waals surface area (Å²) >= 11 is 0. The van der Waals surface area contributed by atoms with Crippen LogP contribution in [0, 0.1) is 0 Å². The molecular formula is CCoMnNiO3. The van der Waals surface area contributed by atoms with Crippen molar-refractivity contribution in [3.05, 3.63) is 0 Å². The molecule has 7 heavy (non-hydrogen) atoms. The summed E-state index contributed by atoms with van der Waals surface area (Å²) in [6.45, 7) is 0. The van der Waals surface area contributed by atoms with E-state index >= 15 is 0 Å². The van der Waals surface area contributed by atoms with Crippen LogP contribution in [0.15, 0.2) is 0 Å². The minimum atomic E-state index is -2.33. The zero-order chi connectivity index (χ0) is 3.58. The minimum absolute atomic E-state index is 0. The average molecular weight is 233 g/mol. The Morgan fingerprint density at radius 2 is 1.29 bits per heavy atom. The Labute approximate surface area is 71.5 Å². The van der Waals surface area contributed by atoms with Gasteiger partial charge in [0.2, 0.25) is 0 Å². The van der Waals surface area contributed by atoms with Gasteiger partial charge in [0.15, 0.2) is 0 Å². The summed E-state index contributed by atoms with van der Waals surface area (Å²) in [5, 5.41) is 16.7. The largest absolute Gasteiger partial charge is 2.00 e. The van der Waals surface area contributed by atoms with E-state index in [1.807, 2.05) is 0 Å². The summed E-state index contributed by atoms with van der Waals surface area (Å²) in [6, 6.07) is 0. The summed E-state index contributed by atoms with van der Waals surface area (Å²) < 4.78 is 0. The molecule has 0 unspecified atom stereocenters. The fourth-order valence-corrected chi connectivity index (χ4v) is 0. The molecule has 0 N–H and O–H groups in total. The summed E-state index contributed by atoms with van der Waals surface area (Å²) in [7, 11) is 0. The third-order valence-electron chi connectivity index (χ3n) is 0. The van der Waals surface area contributed by atoms with Crippen LogP contribution in [0.5, 0.6) is 0 Å². The zero-order valence-electron chi connectivity index (χ0n) is 2.75. The Balaban J connectivity index is -0.0000000150. The predicted octanol–water partition coefficient (Wildman–Crippen LogP) is -2.45. The molecule has 0 aromatic rings. The SMILES string of the molecule is O=C([O-])[O-].[Co+2].[Mn].[Ni]. The Morgan fingerprint density at radius 3 is 1.29 bits per heavy atom. The summed E-state index contributed by atoms with van der Waals surface area (Å²) in [4.78, 5) is 8.33. The van der Waals surface area contributed by atoms with Gasteiger partial charge in [0.1, 0.15) is 0 Å². The standard InChI is InChI=1S/CH2O3.Co.Mn.Ni/c2-1(3)4;;;/h(H2,2,3,4);;;/q;+2;;/p-2. The normalized spacial score (nSPS) is 3.43. The van der Waals surface area contributed by atoms with E-state index in [-0.39, 0.29) is 50.3 Å². The molecule has 0 fully saturated rings. The van der Waals surface area contributed by atoms with E-state index < -0.39 is 6.16 Å². The zero-order valence-corrected chi connectivity index (χ0v) is 5.96. The molecule has 3 nitrogen and oxygen atoms in total. The molecule has 0 aromatic heterocycles. The van der Waals surface area contributed by atoms with Crippen LogP contribution in [0.4, 0.5) is 4.79 Å². The van der Waals surface area contributed by atoms with Crippen molar-refractivity contribution in [2.75, 3.05) is 0 Å². The van der Waals surface area contributed by atoms with Gasteiger partial charge in [0.05, 0.1) is 0 Å². The smallest absolute Gasteiger partial charge is 0.652 e. The fraction of sp³-hybridized carbons (Fsp3) is 0. The quantitative estimate of drug-likeness (QED) is 0.436. The van der Waals surface area contributed by atoms with Crippen molar-refractivity contribution in [3.63, 3.8) is 0 Å². The van der Waals surface area contributed by atoms with Gasteiger partial charge < -0.3 is 15.0 Å². The molecule has 0 saturated heterocycles. The van der Waals surface area contributed by atoms with Crippen LogP contribution in [0.1, 0.15) is 0 Å². The van der Waals surface area contributed by atoms with Gasteiger partial charge in [-0.25, -0.2) is 0 Å². The molecule has 0 spiro atoms. The van der Waals surface area contributed by atoms with Gasteiger partial charge in [-0.1, -0.05) is 0 Å². The van der Waals surface area contributed by atoms with E-state index in [1.165, 1.54) is 0 Å². The Bertz CT molecular complexity index is 37.9. The molecule has 0 amide bonds. The van der Waals surface area contributed by atoms with Crippen LogP contribution in [0.25, 0.3) is 0 Å². The first-order chi connectivity index (χ1) is 1.73. The van der Waals surface area contributed by atoms with Gasteiger partial charge in [-0.3, -0.25) is 0 Å². The molecule has 0 aliphatic heterocycles. The molecule has 2 radical (unpaired) electrons. The van der Waals surface area contributed by atoms with Crippen molar-refractivity contribution in [1.82, 2.24) is 0 Å². The molecule has 0 aliphatic rings. The number of hydrogen-bond donors (Lipinski definition) is 0. The van der Waals surface area contributed by atoms with Crippen molar-refractivity contribution >= 4 is 6.16 Å². The number of carbonyl (C=O) groups is 1. The Hall–Kier alpha value is 0.789. The van der Waals surface area contributed by atoms with E-state index in [2.05, 4.69) is 0 Å². The first kappa shape index (κ1) is 25.0. The topological polar surface area (TPSA) is 63.2 Å². The van der Waals surface area contributed by atoms with Crippen molar-refractivity contribution in [2.45, 2.75) is 0 Å². The number of hydrogen-bond acceptors (Lipinski definition) is 3. The molecule has 0 atom stereocenters. The summed E-state index contributed by atoms with van der Waals surface area (Å²) in [6.07, 6.45) is -2.33. The maximum absolute atomic E-state index is 8.33. The molecule has 0 aromatic carbocycles. The van der Waals surface area contributed by atoms with Crippen molar-refractivity contribution in [3.8, 4) is 0 Å². The monoisotopic (exact) mass is 232 g/mol. The first-order valence-electron chi connectivity index (χ1n) is 0.612. The van der Waals surface area contributed by atoms with Crippen molar-refractivity contribution < 1.29 is 65.3 Å². The maximum atomic E-state index is 8.33. The molecule has 48 valence electrons. The molecular weight excluding hydrogens is 233 g/mol. The van der Waals surface area contributed by atoms with Crippen molar-refractivity contribution in [2.24, 2.45) is 0 Å². The molecule has 6 heteroatoms. The van der Waals surface area contributed by atoms with E-state index in [4.69, 9.17) is 15.0 Å². The molecule has 0 rings (SSSR count). The molecule has 0 aliphatic carbocycles. The van der Waals surface area contributed by atoms with Crippen LogP contribution in [-0.2, 0) is 50.3 Å². The van der Waals surface area contributed by atoms with E-state index in [1.54, 1.807) is 0 Å². The van der Waals surface area contributed by atoms with Crippen molar-refractivity contribution in [1.29, 1.82) is 0 Å². The fourth-order valence-electron chi connectivity index (χ4n) is 0.